The first kappa shape index (κ1) is 13.2. The summed E-state index contributed by atoms with van der Waals surface area (Å²) in [7, 11) is 3.90. The number of aromatic nitrogens is 6. The molecule has 0 radical (unpaired) electrons. The van der Waals surface area contributed by atoms with Gasteiger partial charge < -0.3 is 9.13 Å². The Labute approximate surface area is 124 Å². The van der Waals surface area contributed by atoms with Crippen LogP contribution in [-0.4, -0.2) is 29.1 Å². The largest absolute Gasteiger partial charge is 0.329 e. The second-order valence-electron chi connectivity index (χ2n) is 4.02. The van der Waals surface area contributed by atoms with E-state index in [-0.39, 0.29) is 0 Å². The molecule has 0 aliphatic carbocycles. The zero-order valence-corrected chi connectivity index (χ0v) is 12.6. The van der Waals surface area contributed by atoms with Crippen molar-refractivity contribution in [1.82, 2.24) is 29.1 Å². The second kappa shape index (κ2) is 5.68. The molecule has 0 unspecified atom stereocenters. The van der Waals surface area contributed by atoms with Gasteiger partial charge in [-0.1, -0.05) is 0 Å². The monoisotopic (exact) mass is 304 g/mol. The molecule has 0 amide bonds. The number of aryl methyl sites for hydroxylation is 2. The third-order valence-electron chi connectivity index (χ3n) is 2.54. The lowest BCUT2D eigenvalue weighted by molar-refractivity contribution is 0.778. The van der Waals surface area contributed by atoms with Crippen molar-refractivity contribution >= 4 is 23.5 Å². The fraction of sp³-hybridized carbons (Fsp3) is 0.167. The zero-order chi connectivity index (χ0) is 13.9. The molecular formula is C12H12N6S2. The van der Waals surface area contributed by atoms with Gasteiger partial charge in [-0.05, 0) is 29.6 Å². The highest BCUT2D eigenvalue weighted by molar-refractivity contribution is 7.99. The van der Waals surface area contributed by atoms with Crippen LogP contribution in [0.1, 0.15) is 0 Å². The van der Waals surface area contributed by atoms with Gasteiger partial charge in [-0.25, -0.2) is 19.9 Å². The Morgan fingerprint density at radius 2 is 1.50 bits per heavy atom. The molecule has 0 N–H and O–H groups in total. The molecule has 0 atom stereocenters. The summed E-state index contributed by atoms with van der Waals surface area (Å²) in [5.41, 5.74) is 0. The van der Waals surface area contributed by atoms with Gasteiger partial charge in [0.2, 0.25) is 0 Å². The molecule has 20 heavy (non-hydrogen) atoms. The maximum absolute atomic E-state index is 4.51. The van der Waals surface area contributed by atoms with E-state index in [1.165, 1.54) is 23.5 Å². The van der Waals surface area contributed by atoms with Crippen LogP contribution in [0.2, 0.25) is 0 Å². The SMILES string of the molecule is Cn1ccnc1Sc1ccnc(Sc2nccn2C)n1. The third-order valence-corrected chi connectivity index (χ3v) is 4.51. The average molecular weight is 304 g/mol. The van der Waals surface area contributed by atoms with E-state index in [1.54, 1.807) is 18.6 Å². The Kier molecular flexibility index (Phi) is 3.75. The van der Waals surface area contributed by atoms with E-state index < -0.39 is 0 Å². The fourth-order valence-corrected chi connectivity index (χ4v) is 3.07. The van der Waals surface area contributed by atoms with Gasteiger partial charge in [0.15, 0.2) is 15.5 Å². The van der Waals surface area contributed by atoms with Gasteiger partial charge >= 0.3 is 0 Å². The molecule has 0 saturated carbocycles. The summed E-state index contributed by atoms with van der Waals surface area (Å²) in [6, 6.07) is 1.88. The summed E-state index contributed by atoms with van der Waals surface area (Å²) < 4.78 is 3.89. The minimum atomic E-state index is 0.679. The molecule has 6 nitrogen and oxygen atoms in total. The van der Waals surface area contributed by atoms with Crippen LogP contribution in [0, 0.1) is 0 Å². The molecule has 0 aliphatic heterocycles. The Morgan fingerprint density at radius 1 is 0.850 bits per heavy atom. The van der Waals surface area contributed by atoms with Crippen molar-refractivity contribution in [3.05, 3.63) is 37.1 Å². The van der Waals surface area contributed by atoms with E-state index in [0.29, 0.717) is 5.16 Å². The summed E-state index contributed by atoms with van der Waals surface area (Å²) in [5.74, 6) is 0. The molecule has 0 spiro atoms. The van der Waals surface area contributed by atoms with Crippen LogP contribution >= 0.6 is 23.5 Å². The number of nitrogens with zero attached hydrogens (tertiary/aromatic N) is 6. The van der Waals surface area contributed by atoms with E-state index >= 15 is 0 Å². The number of hydrogen-bond acceptors (Lipinski definition) is 6. The minimum Gasteiger partial charge on any atom is -0.329 e. The van der Waals surface area contributed by atoms with Crippen molar-refractivity contribution in [2.24, 2.45) is 14.1 Å². The van der Waals surface area contributed by atoms with Crippen LogP contribution in [0.25, 0.3) is 0 Å². The standard InChI is InChI=1S/C12H12N6S2/c1-17-7-5-14-11(17)19-9-3-4-13-10(16-9)20-12-15-6-8-18(12)2/h3-8H,1-2H3. The van der Waals surface area contributed by atoms with E-state index in [9.17, 15) is 0 Å². The highest BCUT2D eigenvalue weighted by Gasteiger charge is 2.08. The molecule has 8 heteroatoms. The maximum atomic E-state index is 4.51. The summed E-state index contributed by atoms with van der Waals surface area (Å²) in [4.78, 5) is 17.3. The molecule has 0 fully saturated rings. The molecule has 0 aliphatic rings. The number of hydrogen-bond donors (Lipinski definition) is 0. The Balaban J connectivity index is 1.79. The molecule has 0 saturated heterocycles. The maximum Gasteiger partial charge on any atom is 0.196 e. The molecule has 3 aromatic rings. The van der Waals surface area contributed by atoms with Crippen molar-refractivity contribution in [3.8, 4) is 0 Å². The first-order chi connectivity index (χ1) is 9.72. The van der Waals surface area contributed by atoms with Crippen LogP contribution in [-0.2, 0) is 14.1 Å². The fourth-order valence-electron chi connectivity index (χ4n) is 1.51. The molecule has 3 aromatic heterocycles. The lowest BCUT2D eigenvalue weighted by Gasteiger charge is -2.03. The quantitative estimate of drug-likeness (QED) is 0.544. The van der Waals surface area contributed by atoms with Crippen molar-refractivity contribution in [2.45, 2.75) is 20.5 Å². The predicted molar refractivity (Wildman–Crippen MR) is 76.7 cm³/mol. The van der Waals surface area contributed by atoms with Gasteiger partial charge in [-0.2, -0.15) is 0 Å². The third kappa shape index (κ3) is 2.86. The van der Waals surface area contributed by atoms with Gasteiger partial charge in [0.05, 0.1) is 0 Å². The van der Waals surface area contributed by atoms with Crippen LogP contribution in [0.5, 0.6) is 0 Å². The van der Waals surface area contributed by atoms with Gasteiger partial charge in [-0.3, -0.25) is 0 Å². The first-order valence-corrected chi connectivity index (χ1v) is 7.49. The molecule has 0 aromatic carbocycles. The molecule has 0 bridgehead atoms. The number of imidazole rings is 2. The smallest absolute Gasteiger partial charge is 0.196 e. The highest BCUT2D eigenvalue weighted by atomic mass is 32.2. The predicted octanol–water partition coefficient (Wildman–Crippen LogP) is 2.25. The Bertz CT molecular complexity index is 663. The van der Waals surface area contributed by atoms with Gasteiger partial charge in [0.25, 0.3) is 0 Å². The molecular weight excluding hydrogens is 292 g/mol. The van der Waals surface area contributed by atoms with Crippen molar-refractivity contribution < 1.29 is 0 Å². The van der Waals surface area contributed by atoms with E-state index in [0.717, 1.165) is 15.3 Å². The second-order valence-corrected chi connectivity index (χ2v) is 5.94. The van der Waals surface area contributed by atoms with Gasteiger partial charge in [0, 0.05) is 45.1 Å². The topological polar surface area (TPSA) is 61.4 Å². The highest BCUT2D eigenvalue weighted by Crippen LogP contribution is 2.27. The van der Waals surface area contributed by atoms with Crippen molar-refractivity contribution in [3.63, 3.8) is 0 Å². The molecule has 3 heterocycles. The summed E-state index contributed by atoms with van der Waals surface area (Å²) >= 11 is 2.95. The first-order valence-electron chi connectivity index (χ1n) is 5.86. The van der Waals surface area contributed by atoms with Crippen LogP contribution in [0.15, 0.2) is 57.5 Å². The summed E-state index contributed by atoms with van der Waals surface area (Å²) in [6.07, 6.45) is 9.09. The summed E-state index contributed by atoms with van der Waals surface area (Å²) in [6.45, 7) is 0. The Morgan fingerprint density at radius 3 is 2.10 bits per heavy atom. The van der Waals surface area contributed by atoms with E-state index in [2.05, 4.69) is 19.9 Å². The van der Waals surface area contributed by atoms with Crippen LogP contribution in [0.4, 0.5) is 0 Å². The van der Waals surface area contributed by atoms with E-state index in [1.807, 2.05) is 41.7 Å². The van der Waals surface area contributed by atoms with Gasteiger partial charge in [-0.15, -0.1) is 0 Å². The number of rotatable bonds is 4. The average Bonchev–Trinajstić information content (AvgIpc) is 3.01. The molecule has 3 rings (SSSR count). The lowest BCUT2D eigenvalue weighted by atomic mass is 10.7. The van der Waals surface area contributed by atoms with Gasteiger partial charge in [0.1, 0.15) is 5.03 Å². The Hall–Kier alpha value is -1.80. The van der Waals surface area contributed by atoms with Crippen molar-refractivity contribution in [1.29, 1.82) is 0 Å². The lowest BCUT2D eigenvalue weighted by Crippen LogP contribution is -1.94. The summed E-state index contributed by atoms with van der Waals surface area (Å²) in [5, 5.41) is 3.31. The van der Waals surface area contributed by atoms with E-state index in [4.69, 9.17) is 0 Å². The minimum absolute atomic E-state index is 0.679. The van der Waals surface area contributed by atoms with Crippen molar-refractivity contribution in [2.75, 3.05) is 0 Å². The zero-order valence-electron chi connectivity index (χ0n) is 11.0. The van der Waals surface area contributed by atoms with Crippen LogP contribution < -0.4 is 0 Å². The van der Waals surface area contributed by atoms with Crippen LogP contribution in [0.3, 0.4) is 0 Å². The normalized spacial score (nSPS) is 10.9. The molecule has 102 valence electrons.